The summed E-state index contributed by atoms with van der Waals surface area (Å²) in [5, 5.41) is 12.3. The molecule has 0 aliphatic carbocycles. The molecule has 0 aliphatic heterocycles. The van der Waals surface area contributed by atoms with E-state index in [0.717, 1.165) is 34.2 Å². The maximum atomic E-state index is 12.3. The normalized spacial score (nSPS) is 11.1. The van der Waals surface area contributed by atoms with Crippen LogP contribution in [0, 0.1) is 11.3 Å². The predicted octanol–water partition coefficient (Wildman–Crippen LogP) is 4.55. The quantitative estimate of drug-likeness (QED) is 0.420. The number of aromatic amines is 1. The van der Waals surface area contributed by atoms with Gasteiger partial charge in [0.1, 0.15) is 11.6 Å². The van der Waals surface area contributed by atoms with E-state index in [1.54, 1.807) is 0 Å². The number of nitrogens with zero attached hydrogens (tertiary/aromatic N) is 3. The van der Waals surface area contributed by atoms with Crippen LogP contribution in [0.2, 0.25) is 0 Å². The summed E-state index contributed by atoms with van der Waals surface area (Å²) in [5.41, 5.74) is 3.18. The number of nitriles is 1. The van der Waals surface area contributed by atoms with Gasteiger partial charge >= 0.3 is 0 Å². The molecule has 2 heterocycles. The van der Waals surface area contributed by atoms with Crippen LogP contribution in [0.3, 0.4) is 0 Å². The van der Waals surface area contributed by atoms with E-state index in [2.05, 4.69) is 33.6 Å². The Morgan fingerprint density at radius 3 is 2.67 bits per heavy atom. The molecule has 0 fully saturated rings. The fraction of sp³-hybridized carbons (Fsp3) is 0.190. The second kappa shape index (κ2) is 6.93. The number of H-pyrrole nitrogens is 1. The standard InChI is InChI=1S/C21H18N4OS/c1-3-25-17-8-6-5-7-14(17)15-11-13(9-10-18(15)25)19-16(12-22)20(26)24-21(23-19)27-4-2/h5-11H,3-4H2,1-2H3,(H,23,24,26). The minimum absolute atomic E-state index is 0.0500. The Bertz CT molecular complexity index is 1260. The summed E-state index contributed by atoms with van der Waals surface area (Å²) in [6.07, 6.45) is 0. The molecular formula is C21H18N4OS. The second-order valence-electron chi connectivity index (χ2n) is 6.13. The van der Waals surface area contributed by atoms with Crippen molar-refractivity contribution in [2.24, 2.45) is 0 Å². The Balaban J connectivity index is 2.02. The molecule has 1 N–H and O–H groups in total. The number of aromatic nitrogens is 3. The summed E-state index contributed by atoms with van der Waals surface area (Å²) in [6, 6.07) is 16.3. The maximum absolute atomic E-state index is 12.3. The van der Waals surface area contributed by atoms with Gasteiger partial charge in [-0.25, -0.2) is 4.98 Å². The molecule has 0 amide bonds. The summed E-state index contributed by atoms with van der Waals surface area (Å²) < 4.78 is 2.27. The third kappa shape index (κ3) is 2.81. The molecule has 0 radical (unpaired) electrons. The van der Waals surface area contributed by atoms with Crippen LogP contribution >= 0.6 is 11.8 Å². The Morgan fingerprint density at radius 2 is 1.93 bits per heavy atom. The third-order valence-electron chi connectivity index (χ3n) is 4.65. The number of fused-ring (bicyclic) bond motifs is 3. The summed E-state index contributed by atoms with van der Waals surface area (Å²) in [6.45, 7) is 4.99. The van der Waals surface area contributed by atoms with Gasteiger partial charge in [-0.2, -0.15) is 5.26 Å². The predicted molar refractivity (Wildman–Crippen MR) is 110 cm³/mol. The van der Waals surface area contributed by atoms with Crippen molar-refractivity contribution in [1.82, 2.24) is 14.5 Å². The highest BCUT2D eigenvalue weighted by molar-refractivity contribution is 7.99. The Labute approximate surface area is 160 Å². The molecule has 134 valence electrons. The fourth-order valence-electron chi connectivity index (χ4n) is 3.51. The number of hydrogen-bond donors (Lipinski definition) is 1. The van der Waals surface area contributed by atoms with Crippen molar-refractivity contribution in [2.45, 2.75) is 25.5 Å². The number of hydrogen-bond acceptors (Lipinski definition) is 4. The first-order valence-electron chi connectivity index (χ1n) is 8.86. The zero-order chi connectivity index (χ0) is 19.0. The van der Waals surface area contributed by atoms with E-state index in [4.69, 9.17) is 0 Å². The van der Waals surface area contributed by atoms with Gasteiger partial charge in [-0.3, -0.25) is 4.79 Å². The van der Waals surface area contributed by atoms with Gasteiger partial charge in [0.25, 0.3) is 5.56 Å². The molecular weight excluding hydrogens is 356 g/mol. The molecule has 27 heavy (non-hydrogen) atoms. The van der Waals surface area contributed by atoms with E-state index in [0.29, 0.717) is 10.9 Å². The van der Waals surface area contributed by atoms with Crippen LogP contribution in [0.25, 0.3) is 33.1 Å². The van der Waals surface area contributed by atoms with Gasteiger partial charge in [-0.1, -0.05) is 43.0 Å². The SMILES string of the molecule is CCSc1nc(-c2ccc3c(c2)c2ccccc2n3CC)c(C#N)c(=O)[nH]1. The van der Waals surface area contributed by atoms with Gasteiger partial charge in [0.15, 0.2) is 5.16 Å². The Kier molecular flexibility index (Phi) is 4.46. The van der Waals surface area contributed by atoms with Crippen LogP contribution in [0.4, 0.5) is 0 Å². The summed E-state index contributed by atoms with van der Waals surface area (Å²) in [4.78, 5) is 19.6. The Hall–Kier alpha value is -3.04. The topological polar surface area (TPSA) is 74.5 Å². The van der Waals surface area contributed by atoms with Crippen molar-refractivity contribution in [1.29, 1.82) is 5.26 Å². The zero-order valence-electron chi connectivity index (χ0n) is 15.1. The van der Waals surface area contributed by atoms with Crippen molar-refractivity contribution in [3.63, 3.8) is 0 Å². The average Bonchev–Trinajstić information content (AvgIpc) is 3.01. The van der Waals surface area contributed by atoms with Gasteiger partial charge in [0.05, 0.1) is 5.69 Å². The number of rotatable bonds is 4. The first-order valence-corrected chi connectivity index (χ1v) is 9.85. The van der Waals surface area contributed by atoms with Crippen molar-refractivity contribution < 1.29 is 0 Å². The lowest BCUT2D eigenvalue weighted by atomic mass is 10.0. The Morgan fingerprint density at radius 1 is 1.15 bits per heavy atom. The van der Waals surface area contributed by atoms with E-state index in [9.17, 15) is 10.1 Å². The lowest BCUT2D eigenvalue weighted by molar-refractivity contribution is 0.827. The molecule has 2 aromatic heterocycles. The second-order valence-corrected chi connectivity index (χ2v) is 7.39. The van der Waals surface area contributed by atoms with Crippen LogP contribution in [0.15, 0.2) is 52.4 Å². The molecule has 0 unspecified atom stereocenters. The van der Waals surface area contributed by atoms with Crippen LogP contribution in [0.1, 0.15) is 19.4 Å². The molecule has 4 aromatic rings. The maximum Gasteiger partial charge on any atom is 0.270 e. The molecule has 6 heteroatoms. The largest absolute Gasteiger partial charge is 0.341 e. The van der Waals surface area contributed by atoms with Crippen LogP contribution in [-0.4, -0.2) is 20.3 Å². The van der Waals surface area contributed by atoms with E-state index >= 15 is 0 Å². The average molecular weight is 374 g/mol. The summed E-state index contributed by atoms with van der Waals surface area (Å²) >= 11 is 1.45. The van der Waals surface area contributed by atoms with E-state index < -0.39 is 5.56 Å². The van der Waals surface area contributed by atoms with E-state index in [1.807, 2.05) is 43.3 Å². The molecule has 0 atom stereocenters. The van der Waals surface area contributed by atoms with Crippen molar-refractivity contribution >= 4 is 33.6 Å². The van der Waals surface area contributed by atoms with Gasteiger partial charge in [-0.15, -0.1) is 0 Å². The smallest absolute Gasteiger partial charge is 0.270 e. The number of aryl methyl sites for hydroxylation is 1. The van der Waals surface area contributed by atoms with Crippen LogP contribution in [-0.2, 0) is 6.54 Å². The highest BCUT2D eigenvalue weighted by atomic mass is 32.2. The van der Waals surface area contributed by atoms with Crippen LogP contribution in [0.5, 0.6) is 0 Å². The van der Waals surface area contributed by atoms with E-state index in [-0.39, 0.29) is 5.56 Å². The number of para-hydroxylation sites is 1. The van der Waals surface area contributed by atoms with Crippen LogP contribution < -0.4 is 5.56 Å². The minimum atomic E-state index is -0.394. The monoisotopic (exact) mass is 374 g/mol. The number of benzene rings is 2. The molecule has 4 rings (SSSR count). The molecule has 5 nitrogen and oxygen atoms in total. The van der Waals surface area contributed by atoms with E-state index in [1.165, 1.54) is 17.3 Å². The van der Waals surface area contributed by atoms with Gasteiger partial charge in [-0.05, 0) is 30.9 Å². The molecule has 0 saturated carbocycles. The van der Waals surface area contributed by atoms with Gasteiger partial charge in [0.2, 0.25) is 0 Å². The first-order chi connectivity index (χ1) is 13.2. The zero-order valence-corrected chi connectivity index (χ0v) is 15.9. The summed E-state index contributed by atoms with van der Waals surface area (Å²) in [5.74, 6) is 0.789. The minimum Gasteiger partial charge on any atom is -0.341 e. The molecule has 0 aliphatic rings. The molecule has 0 spiro atoms. The fourth-order valence-corrected chi connectivity index (χ4v) is 4.11. The van der Waals surface area contributed by atoms with Gasteiger partial charge < -0.3 is 9.55 Å². The lowest BCUT2D eigenvalue weighted by Crippen LogP contribution is -2.14. The third-order valence-corrected chi connectivity index (χ3v) is 5.41. The molecule has 0 bridgehead atoms. The molecule has 2 aromatic carbocycles. The van der Waals surface area contributed by atoms with Crippen molar-refractivity contribution in [3.8, 4) is 17.3 Å². The van der Waals surface area contributed by atoms with Gasteiger partial charge in [0, 0.05) is 33.9 Å². The summed E-state index contributed by atoms with van der Waals surface area (Å²) in [7, 11) is 0. The van der Waals surface area contributed by atoms with Crippen molar-refractivity contribution in [3.05, 3.63) is 58.4 Å². The van der Waals surface area contributed by atoms with Crippen molar-refractivity contribution in [2.75, 3.05) is 5.75 Å². The number of nitrogens with one attached hydrogen (secondary N) is 1. The highest BCUT2D eigenvalue weighted by Gasteiger charge is 2.16. The lowest BCUT2D eigenvalue weighted by Gasteiger charge is -2.07. The first kappa shape index (κ1) is 17.4. The highest BCUT2D eigenvalue weighted by Crippen LogP contribution is 2.32. The molecule has 0 saturated heterocycles. The number of thioether (sulfide) groups is 1.